The highest BCUT2D eigenvalue weighted by Gasteiger charge is 2.14. The fourth-order valence-corrected chi connectivity index (χ4v) is 2.40. The molecule has 1 aromatic rings. The van der Waals surface area contributed by atoms with Crippen molar-refractivity contribution in [2.45, 2.75) is 12.5 Å². The monoisotopic (exact) mass is 297 g/mol. The van der Waals surface area contributed by atoms with E-state index >= 15 is 0 Å². The Labute approximate surface area is 107 Å². The van der Waals surface area contributed by atoms with E-state index in [4.69, 9.17) is 4.74 Å². The molecule has 2 rings (SSSR count). The molecular weight excluding hydrogens is 286 g/mol. The Morgan fingerprint density at radius 3 is 2.94 bits per heavy atom. The summed E-state index contributed by atoms with van der Waals surface area (Å²) in [7, 11) is 3.01. The van der Waals surface area contributed by atoms with E-state index in [2.05, 4.69) is 25.7 Å². The van der Waals surface area contributed by atoms with E-state index in [0.29, 0.717) is 5.56 Å². The number of carbonyl (C=O) groups is 1. The Morgan fingerprint density at radius 2 is 2.29 bits per heavy atom. The molecule has 0 fully saturated rings. The lowest BCUT2D eigenvalue weighted by Crippen LogP contribution is -2.36. The van der Waals surface area contributed by atoms with Gasteiger partial charge in [0.2, 0.25) is 0 Å². The Kier molecular flexibility index (Phi) is 3.59. The normalized spacial score (nSPS) is 18.3. The minimum atomic E-state index is -0.385. The van der Waals surface area contributed by atoms with Crippen molar-refractivity contribution < 1.29 is 14.3 Å². The van der Waals surface area contributed by atoms with Crippen LogP contribution in [0.1, 0.15) is 16.8 Å². The molecule has 0 saturated heterocycles. The van der Waals surface area contributed by atoms with Crippen molar-refractivity contribution in [1.82, 2.24) is 4.98 Å². The van der Waals surface area contributed by atoms with Crippen LogP contribution in [-0.4, -0.2) is 31.3 Å². The predicted octanol–water partition coefficient (Wildman–Crippen LogP) is 0.570. The molecule has 1 aliphatic carbocycles. The molecule has 0 amide bonds. The molecule has 0 N–H and O–H groups in total. The summed E-state index contributed by atoms with van der Waals surface area (Å²) >= 11 is 3.48. The van der Waals surface area contributed by atoms with Gasteiger partial charge in [-0.1, -0.05) is 15.9 Å². The summed E-state index contributed by atoms with van der Waals surface area (Å²) in [6, 6.07) is 1.76. The molecular formula is C12H12BrNO3. The molecule has 0 aliphatic heterocycles. The highest BCUT2D eigenvalue weighted by Crippen LogP contribution is 2.16. The Balaban J connectivity index is 2.58. The van der Waals surface area contributed by atoms with E-state index in [1.165, 1.54) is 13.3 Å². The molecule has 0 bridgehead atoms. The summed E-state index contributed by atoms with van der Waals surface area (Å²) in [6.45, 7) is 0. The van der Waals surface area contributed by atoms with Gasteiger partial charge in [0.1, 0.15) is 0 Å². The maximum atomic E-state index is 11.4. The second kappa shape index (κ2) is 4.98. The van der Waals surface area contributed by atoms with Crippen LogP contribution < -0.4 is 10.6 Å². The first-order valence-electron chi connectivity index (χ1n) is 5.13. The van der Waals surface area contributed by atoms with Crippen LogP contribution in [0.4, 0.5) is 0 Å². The van der Waals surface area contributed by atoms with E-state index in [-0.39, 0.29) is 12.1 Å². The quantitative estimate of drug-likeness (QED) is 0.749. The van der Waals surface area contributed by atoms with E-state index in [1.54, 1.807) is 13.2 Å². The van der Waals surface area contributed by atoms with Gasteiger partial charge in [0.15, 0.2) is 0 Å². The van der Waals surface area contributed by atoms with Gasteiger partial charge in [0.05, 0.1) is 24.1 Å². The van der Waals surface area contributed by atoms with Gasteiger partial charge in [0, 0.05) is 29.4 Å². The fourth-order valence-electron chi connectivity index (χ4n) is 1.75. The second-order valence-corrected chi connectivity index (χ2v) is 4.66. The van der Waals surface area contributed by atoms with Gasteiger partial charge in [-0.25, -0.2) is 4.79 Å². The summed E-state index contributed by atoms with van der Waals surface area (Å²) < 4.78 is 10.9. The number of hydrogen-bond donors (Lipinski definition) is 0. The standard InChI is InChI=1S/C12H12BrNO3/c1-16-9-4-7-3-8(12(15)17-2)6-14-11(7)10(13)5-9/h3-4,6,9H,5H2,1-2H3. The van der Waals surface area contributed by atoms with Crippen LogP contribution >= 0.6 is 15.9 Å². The van der Waals surface area contributed by atoms with E-state index < -0.39 is 0 Å². The van der Waals surface area contributed by atoms with Crippen molar-refractivity contribution in [1.29, 1.82) is 0 Å². The zero-order valence-corrected chi connectivity index (χ0v) is 11.2. The smallest absolute Gasteiger partial charge is 0.339 e. The van der Waals surface area contributed by atoms with Crippen LogP contribution in [0.2, 0.25) is 0 Å². The summed E-state index contributed by atoms with van der Waals surface area (Å²) in [5, 5.41) is 1.74. The number of pyridine rings is 1. The third-order valence-electron chi connectivity index (χ3n) is 2.64. The molecule has 0 aromatic carbocycles. The first kappa shape index (κ1) is 12.3. The SMILES string of the molecule is COC(=O)c1cnc2c(c1)=CC(OC)CC=2Br. The van der Waals surface area contributed by atoms with Crippen LogP contribution in [-0.2, 0) is 9.47 Å². The minimum Gasteiger partial charge on any atom is -0.465 e. The summed E-state index contributed by atoms with van der Waals surface area (Å²) in [5.41, 5.74) is 0.444. The van der Waals surface area contributed by atoms with Crippen LogP contribution in [0.5, 0.6) is 0 Å². The summed E-state index contributed by atoms with van der Waals surface area (Å²) in [5.74, 6) is -0.385. The molecule has 17 heavy (non-hydrogen) atoms. The molecule has 1 aliphatic rings. The zero-order valence-electron chi connectivity index (χ0n) is 9.57. The first-order valence-corrected chi connectivity index (χ1v) is 5.92. The molecule has 4 nitrogen and oxygen atoms in total. The lowest BCUT2D eigenvalue weighted by atomic mass is 10.1. The average Bonchev–Trinajstić information content (AvgIpc) is 2.36. The minimum absolute atomic E-state index is 0.00609. The number of aromatic nitrogens is 1. The van der Waals surface area contributed by atoms with E-state index in [1.807, 2.05) is 6.08 Å². The Hall–Kier alpha value is -1.20. The van der Waals surface area contributed by atoms with Gasteiger partial charge in [-0.2, -0.15) is 0 Å². The predicted molar refractivity (Wildman–Crippen MR) is 67.0 cm³/mol. The van der Waals surface area contributed by atoms with Crippen LogP contribution in [0, 0.1) is 0 Å². The lowest BCUT2D eigenvalue weighted by Gasteiger charge is -2.14. The topological polar surface area (TPSA) is 48.4 Å². The number of ether oxygens (including phenoxy) is 2. The number of esters is 1. The molecule has 1 aromatic heterocycles. The number of hydrogen-bond acceptors (Lipinski definition) is 4. The summed E-state index contributed by atoms with van der Waals surface area (Å²) in [6.07, 6.45) is 4.24. The third kappa shape index (κ3) is 2.40. The van der Waals surface area contributed by atoms with Crippen molar-refractivity contribution in [3.05, 3.63) is 28.4 Å². The van der Waals surface area contributed by atoms with Gasteiger partial charge >= 0.3 is 5.97 Å². The number of nitrogens with zero attached hydrogens (tertiary/aromatic N) is 1. The van der Waals surface area contributed by atoms with Gasteiger partial charge in [-0.15, -0.1) is 0 Å². The average molecular weight is 298 g/mol. The van der Waals surface area contributed by atoms with Gasteiger partial charge in [-0.05, 0) is 12.1 Å². The molecule has 0 saturated carbocycles. The second-order valence-electron chi connectivity index (χ2n) is 3.70. The first-order chi connectivity index (χ1) is 8.15. The molecule has 5 heteroatoms. The molecule has 1 unspecified atom stereocenters. The van der Waals surface area contributed by atoms with Gasteiger partial charge in [-0.3, -0.25) is 4.98 Å². The van der Waals surface area contributed by atoms with Crippen molar-refractivity contribution in [2.24, 2.45) is 0 Å². The zero-order chi connectivity index (χ0) is 12.4. The number of carbonyl (C=O) groups excluding carboxylic acids is 1. The van der Waals surface area contributed by atoms with Crippen LogP contribution in [0.3, 0.4) is 0 Å². The van der Waals surface area contributed by atoms with Gasteiger partial charge in [0.25, 0.3) is 0 Å². The van der Waals surface area contributed by atoms with Crippen molar-refractivity contribution in [3.8, 4) is 0 Å². The molecule has 0 spiro atoms. The fraction of sp³-hybridized carbons (Fsp3) is 0.333. The number of methoxy groups -OCH3 is 2. The summed E-state index contributed by atoms with van der Waals surface area (Å²) in [4.78, 5) is 15.7. The van der Waals surface area contributed by atoms with Crippen LogP contribution in [0.15, 0.2) is 12.3 Å². The number of halogens is 1. The lowest BCUT2D eigenvalue weighted by molar-refractivity contribution is 0.0600. The maximum absolute atomic E-state index is 11.4. The highest BCUT2D eigenvalue weighted by molar-refractivity contribution is 9.14. The number of rotatable bonds is 2. The Morgan fingerprint density at radius 1 is 1.53 bits per heavy atom. The van der Waals surface area contributed by atoms with Gasteiger partial charge < -0.3 is 9.47 Å². The molecule has 1 atom stereocenters. The number of fused-ring (bicyclic) bond motifs is 1. The molecule has 1 heterocycles. The van der Waals surface area contributed by atoms with Crippen molar-refractivity contribution in [2.75, 3.05) is 14.2 Å². The van der Waals surface area contributed by atoms with Crippen LogP contribution in [0.25, 0.3) is 10.6 Å². The molecule has 0 radical (unpaired) electrons. The van der Waals surface area contributed by atoms with Crippen molar-refractivity contribution >= 4 is 32.5 Å². The molecule has 90 valence electrons. The van der Waals surface area contributed by atoms with E-state index in [0.717, 1.165) is 21.5 Å². The third-order valence-corrected chi connectivity index (χ3v) is 3.34. The van der Waals surface area contributed by atoms with Crippen molar-refractivity contribution in [3.63, 3.8) is 0 Å². The Bertz CT molecular complexity index is 568. The highest BCUT2D eigenvalue weighted by atomic mass is 79.9. The maximum Gasteiger partial charge on any atom is 0.339 e. The van der Waals surface area contributed by atoms with E-state index in [9.17, 15) is 4.79 Å². The largest absolute Gasteiger partial charge is 0.465 e.